The van der Waals surface area contributed by atoms with E-state index in [0.29, 0.717) is 16.5 Å². The van der Waals surface area contributed by atoms with Crippen LogP contribution in [0.5, 0.6) is 0 Å². The molecule has 4 heteroatoms. The highest BCUT2D eigenvalue weighted by Gasteiger charge is 2.15. The smallest absolute Gasteiger partial charge is 0.0844 e. The molecule has 0 spiro atoms. The van der Waals surface area contributed by atoms with Gasteiger partial charge in [0.15, 0.2) is 0 Å². The van der Waals surface area contributed by atoms with Crippen molar-refractivity contribution in [2.24, 2.45) is 0 Å². The molecule has 0 bridgehead atoms. The number of halogens is 2. The molecule has 3 aromatic rings. The number of aliphatic hydroxyl groups excluding tert-OH is 1. The van der Waals surface area contributed by atoms with E-state index >= 15 is 0 Å². The largest absolute Gasteiger partial charge is 0.388 e. The topological polar surface area (TPSA) is 20.2 Å². The Kier molecular flexibility index (Phi) is 3.99. The minimum Gasteiger partial charge on any atom is -0.388 e. The molecule has 0 saturated carbocycles. The maximum absolute atomic E-state index is 10.5. The zero-order valence-corrected chi connectivity index (χ0v) is 12.8. The summed E-state index contributed by atoms with van der Waals surface area (Å²) in [4.78, 5) is 0. The van der Waals surface area contributed by atoms with Crippen LogP contribution in [0.3, 0.4) is 0 Å². The second-order valence-electron chi connectivity index (χ2n) is 4.64. The molecular weight excluding hydrogens is 311 g/mol. The number of aliphatic hydroxyl groups is 1. The first-order valence-electron chi connectivity index (χ1n) is 6.23. The highest BCUT2D eigenvalue weighted by Crippen LogP contribution is 2.33. The van der Waals surface area contributed by atoms with Gasteiger partial charge in [0.2, 0.25) is 0 Å². The van der Waals surface area contributed by atoms with E-state index in [4.69, 9.17) is 23.2 Å². The second kappa shape index (κ2) is 5.74. The molecule has 0 aliphatic rings. The Bertz CT molecular complexity index is 751. The molecule has 0 aliphatic carbocycles. The summed E-state index contributed by atoms with van der Waals surface area (Å²) in [6, 6.07) is 13.4. The van der Waals surface area contributed by atoms with Crippen molar-refractivity contribution < 1.29 is 5.11 Å². The average molecular weight is 323 g/mol. The molecule has 1 aromatic heterocycles. The van der Waals surface area contributed by atoms with Crippen LogP contribution in [-0.2, 0) is 6.42 Å². The fourth-order valence-corrected chi connectivity index (χ4v) is 3.76. The Morgan fingerprint density at radius 1 is 1.10 bits per heavy atom. The lowest BCUT2D eigenvalue weighted by atomic mass is 10.0. The molecule has 1 unspecified atom stereocenters. The lowest BCUT2D eigenvalue weighted by Crippen LogP contribution is -2.01. The number of fused-ring (bicyclic) bond motifs is 1. The fourth-order valence-electron chi connectivity index (χ4n) is 2.26. The first-order chi connectivity index (χ1) is 9.65. The second-order valence-corrected chi connectivity index (χ2v) is 6.40. The zero-order chi connectivity index (χ0) is 14.1. The van der Waals surface area contributed by atoms with Crippen LogP contribution in [0, 0.1) is 0 Å². The average Bonchev–Trinajstić information content (AvgIpc) is 2.86. The number of benzene rings is 2. The Hall–Kier alpha value is -1.06. The van der Waals surface area contributed by atoms with Gasteiger partial charge in [-0.15, -0.1) is 11.3 Å². The van der Waals surface area contributed by atoms with E-state index in [1.807, 2.05) is 29.6 Å². The zero-order valence-electron chi connectivity index (χ0n) is 10.5. The molecule has 1 heterocycles. The highest BCUT2D eigenvalue weighted by atomic mass is 35.5. The summed E-state index contributed by atoms with van der Waals surface area (Å²) in [5.74, 6) is 0. The van der Waals surface area contributed by atoms with Gasteiger partial charge in [-0.05, 0) is 40.1 Å². The van der Waals surface area contributed by atoms with Crippen LogP contribution in [0.1, 0.15) is 17.2 Å². The van der Waals surface area contributed by atoms with Gasteiger partial charge in [0.1, 0.15) is 0 Å². The highest BCUT2D eigenvalue weighted by molar-refractivity contribution is 7.17. The molecule has 2 aromatic carbocycles. The van der Waals surface area contributed by atoms with Gasteiger partial charge >= 0.3 is 0 Å². The Balaban J connectivity index is 1.91. The Morgan fingerprint density at radius 3 is 2.70 bits per heavy atom. The van der Waals surface area contributed by atoms with E-state index in [1.54, 1.807) is 23.5 Å². The van der Waals surface area contributed by atoms with Crippen molar-refractivity contribution in [3.05, 3.63) is 69.0 Å². The number of rotatable bonds is 3. The standard InChI is InChI=1S/C16H12Cl2OS/c17-11-6-5-10(14(18)8-11)7-15(19)13-9-20-16-4-2-1-3-12(13)16/h1-6,8-9,15,19H,7H2. The van der Waals surface area contributed by atoms with Crippen molar-refractivity contribution in [1.82, 2.24) is 0 Å². The van der Waals surface area contributed by atoms with E-state index in [2.05, 4.69) is 6.07 Å². The van der Waals surface area contributed by atoms with Crippen LogP contribution in [-0.4, -0.2) is 5.11 Å². The van der Waals surface area contributed by atoms with Gasteiger partial charge in [-0.1, -0.05) is 47.5 Å². The third-order valence-corrected chi connectivity index (χ3v) is 4.87. The Morgan fingerprint density at radius 2 is 1.90 bits per heavy atom. The summed E-state index contributed by atoms with van der Waals surface area (Å²) < 4.78 is 1.18. The molecule has 3 rings (SSSR count). The maximum atomic E-state index is 10.5. The number of hydrogen-bond acceptors (Lipinski definition) is 2. The van der Waals surface area contributed by atoms with Crippen molar-refractivity contribution in [1.29, 1.82) is 0 Å². The monoisotopic (exact) mass is 322 g/mol. The maximum Gasteiger partial charge on any atom is 0.0844 e. The molecule has 0 saturated heterocycles. The van der Waals surface area contributed by atoms with E-state index in [1.165, 1.54) is 4.70 Å². The van der Waals surface area contributed by atoms with Gasteiger partial charge in [0.05, 0.1) is 6.10 Å². The Labute approximate surface area is 131 Å². The first-order valence-corrected chi connectivity index (χ1v) is 7.87. The molecular formula is C16H12Cl2OS. The van der Waals surface area contributed by atoms with Crippen molar-refractivity contribution in [2.45, 2.75) is 12.5 Å². The fraction of sp³-hybridized carbons (Fsp3) is 0.125. The predicted octanol–water partition coefficient (Wildman–Crippen LogP) is 5.48. The molecule has 20 heavy (non-hydrogen) atoms. The minimum absolute atomic E-state index is 0.483. The molecule has 1 atom stereocenters. The van der Waals surface area contributed by atoms with Crippen molar-refractivity contribution in [3.63, 3.8) is 0 Å². The quantitative estimate of drug-likeness (QED) is 0.676. The van der Waals surface area contributed by atoms with Gasteiger partial charge in [0, 0.05) is 21.2 Å². The summed E-state index contributed by atoms with van der Waals surface area (Å²) in [5.41, 5.74) is 1.86. The minimum atomic E-state index is -0.565. The van der Waals surface area contributed by atoms with E-state index < -0.39 is 6.10 Å². The van der Waals surface area contributed by atoms with Crippen molar-refractivity contribution in [3.8, 4) is 0 Å². The van der Waals surface area contributed by atoms with Crippen LogP contribution < -0.4 is 0 Å². The lowest BCUT2D eigenvalue weighted by molar-refractivity contribution is 0.180. The first kappa shape index (κ1) is 13.9. The van der Waals surface area contributed by atoms with Crippen LogP contribution in [0.4, 0.5) is 0 Å². The predicted molar refractivity (Wildman–Crippen MR) is 87.0 cm³/mol. The van der Waals surface area contributed by atoms with Crippen molar-refractivity contribution >= 4 is 44.6 Å². The van der Waals surface area contributed by atoms with Crippen LogP contribution in [0.25, 0.3) is 10.1 Å². The van der Waals surface area contributed by atoms with Gasteiger partial charge in [-0.25, -0.2) is 0 Å². The SMILES string of the molecule is OC(Cc1ccc(Cl)cc1Cl)c1csc2ccccc12. The molecule has 0 aliphatic heterocycles. The lowest BCUT2D eigenvalue weighted by Gasteiger charge is -2.11. The third-order valence-electron chi connectivity index (χ3n) is 3.30. The molecule has 102 valence electrons. The van der Waals surface area contributed by atoms with E-state index in [-0.39, 0.29) is 0 Å². The summed E-state index contributed by atoms with van der Waals surface area (Å²) in [5, 5.41) is 14.8. The van der Waals surface area contributed by atoms with Crippen LogP contribution >= 0.6 is 34.5 Å². The molecule has 0 fully saturated rings. The molecule has 0 amide bonds. The summed E-state index contributed by atoms with van der Waals surface area (Å²) in [6.07, 6.45) is -0.0821. The van der Waals surface area contributed by atoms with Gasteiger partial charge in [-0.2, -0.15) is 0 Å². The van der Waals surface area contributed by atoms with Crippen LogP contribution in [0.15, 0.2) is 47.8 Å². The van der Waals surface area contributed by atoms with Crippen molar-refractivity contribution in [2.75, 3.05) is 0 Å². The normalized spacial score (nSPS) is 12.8. The molecule has 1 N–H and O–H groups in total. The summed E-state index contributed by atoms with van der Waals surface area (Å²) >= 11 is 13.7. The van der Waals surface area contributed by atoms with Crippen LogP contribution in [0.2, 0.25) is 10.0 Å². The third kappa shape index (κ3) is 2.70. The summed E-state index contributed by atoms with van der Waals surface area (Å²) in [7, 11) is 0. The van der Waals surface area contributed by atoms with E-state index in [9.17, 15) is 5.11 Å². The molecule has 0 radical (unpaired) electrons. The van der Waals surface area contributed by atoms with Gasteiger partial charge < -0.3 is 5.11 Å². The number of thiophene rings is 1. The number of hydrogen-bond donors (Lipinski definition) is 1. The van der Waals surface area contributed by atoms with Gasteiger partial charge in [0.25, 0.3) is 0 Å². The molecule has 1 nitrogen and oxygen atoms in total. The van der Waals surface area contributed by atoms with Gasteiger partial charge in [-0.3, -0.25) is 0 Å². The summed E-state index contributed by atoms with van der Waals surface area (Å²) in [6.45, 7) is 0. The van der Waals surface area contributed by atoms with E-state index in [0.717, 1.165) is 16.5 Å².